The van der Waals surface area contributed by atoms with Crippen LogP contribution in [-0.4, -0.2) is 67.9 Å². The molecule has 31 heavy (non-hydrogen) atoms. The molecule has 1 amide bonds. The molecule has 3 heterocycles. The van der Waals surface area contributed by atoms with E-state index in [2.05, 4.69) is 15.2 Å². The number of carbonyl (C=O) groups is 1. The molecule has 2 aliphatic heterocycles. The molecular weight excluding hydrogens is 419 g/mol. The second kappa shape index (κ2) is 8.82. The van der Waals surface area contributed by atoms with Gasteiger partial charge in [-0.3, -0.25) is 4.79 Å². The number of piperidine rings is 1. The molecule has 1 atom stereocenters. The average Bonchev–Trinajstić information content (AvgIpc) is 2.74. The van der Waals surface area contributed by atoms with Crippen LogP contribution >= 0.6 is 0 Å². The Labute approximate surface area is 182 Å². The standard InChI is InChI=1S/C22H27FN4O3S/c1-16-13-18(23)5-6-20(16)27-8-2-3-19(15-27)25-21-7-4-17(14-24-21)22(28)26-9-11-31(29,30)12-10-26/h4-7,13-14,19H,2-3,8-12,15H2,1H3,(H,24,25). The van der Waals surface area contributed by atoms with Gasteiger partial charge in [-0.05, 0) is 55.7 Å². The number of nitrogens with one attached hydrogen (secondary N) is 1. The number of rotatable bonds is 4. The Morgan fingerprint density at radius 2 is 1.94 bits per heavy atom. The molecule has 166 valence electrons. The van der Waals surface area contributed by atoms with Gasteiger partial charge in [0, 0.05) is 44.1 Å². The minimum absolute atomic E-state index is 0.0114. The van der Waals surface area contributed by atoms with Gasteiger partial charge in [0.2, 0.25) is 0 Å². The van der Waals surface area contributed by atoms with E-state index in [-0.39, 0.29) is 42.4 Å². The van der Waals surface area contributed by atoms with Crippen molar-refractivity contribution in [2.45, 2.75) is 25.8 Å². The summed E-state index contributed by atoms with van der Waals surface area (Å²) in [6.07, 6.45) is 3.56. The molecule has 1 unspecified atom stereocenters. The normalized spacial score (nSPS) is 21.0. The lowest BCUT2D eigenvalue weighted by molar-refractivity contribution is 0.0770. The lowest BCUT2D eigenvalue weighted by Crippen LogP contribution is -2.43. The molecule has 9 heteroatoms. The number of halogens is 1. The Balaban J connectivity index is 1.37. The number of carbonyl (C=O) groups excluding carboxylic acids is 1. The summed E-state index contributed by atoms with van der Waals surface area (Å²) in [7, 11) is -3.03. The first-order valence-corrected chi connectivity index (χ1v) is 12.4. The molecule has 2 aliphatic rings. The number of sulfone groups is 1. The Bertz CT molecular complexity index is 1040. The number of aryl methyl sites for hydroxylation is 1. The number of amides is 1. The van der Waals surface area contributed by atoms with Crippen molar-refractivity contribution in [3.05, 3.63) is 53.5 Å². The topological polar surface area (TPSA) is 82.6 Å². The van der Waals surface area contributed by atoms with Crippen LogP contribution in [0, 0.1) is 12.7 Å². The van der Waals surface area contributed by atoms with Crippen molar-refractivity contribution in [3.63, 3.8) is 0 Å². The van der Waals surface area contributed by atoms with Crippen LogP contribution in [0.25, 0.3) is 0 Å². The van der Waals surface area contributed by atoms with Crippen LogP contribution in [0.1, 0.15) is 28.8 Å². The van der Waals surface area contributed by atoms with Crippen LogP contribution in [-0.2, 0) is 9.84 Å². The summed E-state index contributed by atoms with van der Waals surface area (Å²) in [5.74, 6) is 0.303. The van der Waals surface area contributed by atoms with Gasteiger partial charge in [0.05, 0.1) is 17.1 Å². The first-order valence-electron chi connectivity index (χ1n) is 10.5. The smallest absolute Gasteiger partial charge is 0.255 e. The fourth-order valence-corrected chi connectivity index (χ4v) is 5.40. The zero-order valence-corrected chi connectivity index (χ0v) is 18.4. The van der Waals surface area contributed by atoms with Crippen molar-refractivity contribution < 1.29 is 17.6 Å². The highest BCUT2D eigenvalue weighted by Gasteiger charge is 2.26. The van der Waals surface area contributed by atoms with Gasteiger partial charge in [-0.15, -0.1) is 0 Å². The van der Waals surface area contributed by atoms with Gasteiger partial charge in [0.25, 0.3) is 5.91 Å². The summed E-state index contributed by atoms with van der Waals surface area (Å²) in [6, 6.07) is 8.59. The van der Waals surface area contributed by atoms with Crippen molar-refractivity contribution in [1.29, 1.82) is 0 Å². The Hall–Kier alpha value is -2.68. The SMILES string of the molecule is Cc1cc(F)ccc1N1CCCC(Nc2ccc(C(=O)N3CCS(=O)(=O)CC3)cn2)C1. The van der Waals surface area contributed by atoms with Crippen LogP contribution in [0.15, 0.2) is 36.5 Å². The molecular formula is C22H27FN4O3S. The number of benzene rings is 1. The van der Waals surface area contributed by atoms with Crippen LogP contribution in [0.4, 0.5) is 15.9 Å². The van der Waals surface area contributed by atoms with Gasteiger partial charge in [-0.1, -0.05) is 0 Å². The fourth-order valence-electron chi connectivity index (χ4n) is 4.20. The third-order valence-electron chi connectivity index (χ3n) is 5.91. The minimum atomic E-state index is -3.03. The monoisotopic (exact) mass is 446 g/mol. The van der Waals surface area contributed by atoms with Crippen molar-refractivity contribution in [1.82, 2.24) is 9.88 Å². The summed E-state index contributed by atoms with van der Waals surface area (Å²) in [5.41, 5.74) is 2.43. The third kappa shape index (κ3) is 5.15. The quantitative estimate of drug-likeness (QED) is 0.777. The van der Waals surface area contributed by atoms with Crippen molar-refractivity contribution >= 4 is 27.2 Å². The fraction of sp³-hybridized carbons (Fsp3) is 0.455. The first-order chi connectivity index (χ1) is 14.8. The van der Waals surface area contributed by atoms with E-state index in [1.807, 2.05) is 13.0 Å². The van der Waals surface area contributed by atoms with E-state index in [9.17, 15) is 17.6 Å². The van der Waals surface area contributed by atoms with E-state index in [1.165, 1.54) is 6.07 Å². The molecule has 0 spiro atoms. The summed E-state index contributed by atoms with van der Waals surface area (Å²) >= 11 is 0. The van der Waals surface area contributed by atoms with Crippen molar-refractivity contribution in [3.8, 4) is 0 Å². The molecule has 2 saturated heterocycles. The summed E-state index contributed by atoms with van der Waals surface area (Å²) < 4.78 is 36.5. The van der Waals surface area contributed by atoms with Crippen LogP contribution in [0.2, 0.25) is 0 Å². The van der Waals surface area contributed by atoms with Gasteiger partial charge < -0.3 is 15.1 Å². The zero-order chi connectivity index (χ0) is 22.0. The maximum absolute atomic E-state index is 13.4. The van der Waals surface area contributed by atoms with Gasteiger partial charge >= 0.3 is 0 Å². The molecule has 0 saturated carbocycles. The molecule has 1 aromatic heterocycles. The third-order valence-corrected chi connectivity index (χ3v) is 7.52. The molecule has 2 aromatic rings. The van der Waals surface area contributed by atoms with E-state index < -0.39 is 9.84 Å². The number of aromatic nitrogens is 1. The molecule has 0 aliphatic carbocycles. The molecule has 2 fully saturated rings. The highest BCUT2D eigenvalue weighted by Crippen LogP contribution is 2.25. The van der Waals surface area contributed by atoms with E-state index >= 15 is 0 Å². The number of nitrogens with zero attached hydrogens (tertiary/aromatic N) is 3. The number of anilines is 2. The number of hydrogen-bond donors (Lipinski definition) is 1. The van der Waals surface area contributed by atoms with Gasteiger partial charge in [0.1, 0.15) is 11.6 Å². The second-order valence-electron chi connectivity index (χ2n) is 8.24. The average molecular weight is 447 g/mol. The minimum Gasteiger partial charge on any atom is -0.369 e. The van der Waals surface area contributed by atoms with Gasteiger partial charge in [-0.25, -0.2) is 17.8 Å². The van der Waals surface area contributed by atoms with Crippen LogP contribution in [0.5, 0.6) is 0 Å². The summed E-state index contributed by atoms with van der Waals surface area (Å²) in [4.78, 5) is 20.8. The maximum Gasteiger partial charge on any atom is 0.255 e. The summed E-state index contributed by atoms with van der Waals surface area (Å²) in [6.45, 7) is 4.09. The van der Waals surface area contributed by atoms with Crippen LogP contribution < -0.4 is 10.2 Å². The van der Waals surface area contributed by atoms with Gasteiger partial charge in [0.15, 0.2) is 9.84 Å². The highest BCUT2D eigenvalue weighted by molar-refractivity contribution is 7.91. The first kappa shape index (κ1) is 21.5. The molecule has 0 bridgehead atoms. The maximum atomic E-state index is 13.4. The second-order valence-corrected chi connectivity index (χ2v) is 10.5. The largest absolute Gasteiger partial charge is 0.369 e. The Morgan fingerprint density at radius 3 is 2.61 bits per heavy atom. The highest BCUT2D eigenvalue weighted by atomic mass is 32.2. The van der Waals surface area contributed by atoms with Gasteiger partial charge in [-0.2, -0.15) is 0 Å². The molecule has 7 nitrogen and oxygen atoms in total. The zero-order valence-electron chi connectivity index (χ0n) is 17.6. The van der Waals surface area contributed by atoms with Crippen molar-refractivity contribution in [2.24, 2.45) is 0 Å². The van der Waals surface area contributed by atoms with E-state index in [0.29, 0.717) is 11.4 Å². The number of hydrogen-bond acceptors (Lipinski definition) is 6. The van der Waals surface area contributed by atoms with E-state index in [0.717, 1.165) is 37.2 Å². The number of pyridine rings is 1. The predicted octanol–water partition coefficient (Wildman–Crippen LogP) is 2.48. The molecule has 0 radical (unpaired) electrons. The Morgan fingerprint density at radius 1 is 1.16 bits per heavy atom. The molecule has 1 N–H and O–H groups in total. The summed E-state index contributed by atoms with van der Waals surface area (Å²) in [5, 5.41) is 3.44. The lowest BCUT2D eigenvalue weighted by Gasteiger charge is -2.36. The molecule has 1 aromatic carbocycles. The van der Waals surface area contributed by atoms with Crippen LogP contribution in [0.3, 0.4) is 0 Å². The van der Waals surface area contributed by atoms with E-state index in [4.69, 9.17) is 0 Å². The van der Waals surface area contributed by atoms with Crippen molar-refractivity contribution in [2.75, 3.05) is 47.9 Å². The van der Waals surface area contributed by atoms with E-state index in [1.54, 1.807) is 29.3 Å². The predicted molar refractivity (Wildman–Crippen MR) is 119 cm³/mol. The lowest BCUT2D eigenvalue weighted by atomic mass is 10.0. The molecule has 4 rings (SSSR count). The Kier molecular flexibility index (Phi) is 6.13.